The lowest BCUT2D eigenvalue weighted by atomic mass is 10.0. The largest absolute Gasteiger partial charge is 0.452 e. The van der Waals surface area contributed by atoms with Gasteiger partial charge in [-0.3, -0.25) is 0 Å². The van der Waals surface area contributed by atoms with E-state index >= 15 is 0 Å². The fourth-order valence-electron chi connectivity index (χ4n) is 1.34. The summed E-state index contributed by atoms with van der Waals surface area (Å²) in [5.74, 6) is 1.31. The third kappa shape index (κ3) is 5.15. The van der Waals surface area contributed by atoms with E-state index in [0.717, 1.165) is 17.7 Å². The number of aryl methyl sites for hydroxylation is 1. The summed E-state index contributed by atoms with van der Waals surface area (Å²) in [7, 11) is 0. The van der Waals surface area contributed by atoms with Gasteiger partial charge >= 0.3 is 0 Å². The first-order chi connectivity index (χ1) is 8.09. The van der Waals surface area contributed by atoms with Crippen molar-refractivity contribution in [3.05, 3.63) is 42.2 Å². The highest BCUT2D eigenvalue weighted by atomic mass is 16.3. The lowest BCUT2D eigenvalue weighted by molar-refractivity contribution is 0.557. The number of oxazole rings is 1. The van der Waals surface area contributed by atoms with Crippen LogP contribution >= 0.6 is 0 Å². The van der Waals surface area contributed by atoms with Crippen LogP contribution in [0.2, 0.25) is 0 Å². The van der Waals surface area contributed by atoms with Crippen molar-refractivity contribution in [2.24, 2.45) is 5.92 Å². The van der Waals surface area contributed by atoms with Crippen molar-refractivity contribution >= 4 is 5.82 Å². The van der Waals surface area contributed by atoms with Gasteiger partial charge in [0.1, 0.15) is 12.1 Å². The van der Waals surface area contributed by atoms with Crippen molar-refractivity contribution in [1.82, 2.24) is 9.97 Å². The van der Waals surface area contributed by atoms with Crippen molar-refractivity contribution < 1.29 is 4.42 Å². The molecule has 2 N–H and O–H groups in total. The van der Waals surface area contributed by atoms with Crippen LogP contribution in [0, 0.1) is 12.8 Å². The maximum absolute atomic E-state index is 5.66. The molecule has 2 aromatic rings. The van der Waals surface area contributed by atoms with Crippen LogP contribution in [-0.2, 0) is 6.42 Å². The molecule has 0 spiro atoms. The molecule has 2 heterocycles. The van der Waals surface area contributed by atoms with Gasteiger partial charge in [0.05, 0.1) is 5.69 Å². The van der Waals surface area contributed by atoms with E-state index in [2.05, 4.69) is 28.2 Å². The van der Waals surface area contributed by atoms with Crippen LogP contribution in [0.5, 0.6) is 0 Å². The first-order valence-corrected chi connectivity index (χ1v) is 5.63. The molecule has 2 aromatic heterocycles. The van der Waals surface area contributed by atoms with Crippen LogP contribution in [0.1, 0.15) is 25.1 Å². The second-order valence-electron chi connectivity index (χ2n) is 4.28. The number of anilines is 1. The highest BCUT2D eigenvalue weighted by Gasteiger charge is 2.00. The molecule has 0 aliphatic carbocycles. The highest BCUT2D eigenvalue weighted by molar-refractivity contribution is 5.38. The third-order valence-corrected chi connectivity index (χ3v) is 2.11. The molecule has 0 saturated heterocycles. The Bertz CT molecular complexity index is 424. The molecular weight excluding hydrogens is 214 g/mol. The van der Waals surface area contributed by atoms with E-state index in [-0.39, 0.29) is 0 Å². The number of rotatable bonds is 2. The Morgan fingerprint density at radius 1 is 1.35 bits per heavy atom. The van der Waals surface area contributed by atoms with Gasteiger partial charge in [0.25, 0.3) is 0 Å². The number of nitrogens with two attached hydrogens (primary N) is 1. The van der Waals surface area contributed by atoms with E-state index in [1.165, 1.54) is 6.39 Å². The van der Waals surface area contributed by atoms with Crippen molar-refractivity contribution in [1.29, 1.82) is 0 Å². The zero-order valence-corrected chi connectivity index (χ0v) is 10.6. The Morgan fingerprint density at radius 3 is 2.53 bits per heavy atom. The summed E-state index contributed by atoms with van der Waals surface area (Å²) < 4.78 is 4.60. The van der Waals surface area contributed by atoms with E-state index in [4.69, 9.17) is 5.73 Å². The van der Waals surface area contributed by atoms with Crippen LogP contribution in [0.3, 0.4) is 0 Å². The standard InChI is InChI=1S/C9H14N2.C4H5NO/c1-7(2)6-8-4-3-5-11-9(8)10;1-4-2-6-3-5-4/h3-5,7H,6H2,1-2H3,(H2,10,11);2-3H,1H3. The molecule has 4 heteroatoms. The van der Waals surface area contributed by atoms with Gasteiger partial charge in [-0.25, -0.2) is 9.97 Å². The van der Waals surface area contributed by atoms with Gasteiger partial charge in [-0.05, 0) is 30.9 Å². The molecule has 0 unspecified atom stereocenters. The van der Waals surface area contributed by atoms with Crippen LogP contribution in [-0.4, -0.2) is 9.97 Å². The number of pyridine rings is 1. The lowest BCUT2D eigenvalue weighted by Gasteiger charge is -2.05. The van der Waals surface area contributed by atoms with Gasteiger partial charge in [0.15, 0.2) is 6.39 Å². The summed E-state index contributed by atoms with van der Waals surface area (Å²) in [6, 6.07) is 3.95. The SMILES string of the molecule is CC(C)Cc1cccnc1N.Cc1cocn1. The Balaban J connectivity index is 0.000000202. The smallest absolute Gasteiger partial charge is 0.180 e. The molecule has 0 fully saturated rings. The lowest BCUT2D eigenvalue weighted by Crippen LogP contribution is -2.00. The number of hydrogen-bond acceptors (Lipinski definition) is 4. The van der Waals surface area contributed by atoms with E-state index < -0.39 is 0 Å². The normalized spacial score (nSPS) is 9.88. The fourth-order valence-corrected chi connectivity index (χ4v) is 1.34. The second-order valence-corrected chi connectivity index (χ2v) is 4.28. The maximum atomic E-state index is 5.66. The molecule has 0 radical (unpaired) electrons. The van der Waals surface area contributed by atoms with Crippen LogP contribution < -0.4 is 5.73 Å². The molecule has 0 atom stereocenters. The van der Waals surface area contributed by atoms with Gasteiger partial charge in [-0.2, -0.15) is 0 Å². The molecule has 0 amide bonds. The maximum Gasteiger partial charge on any atom is 0.180 e. The quantitative estimate of drug-likeness (QED) is 0.866. The van der Waals surface area contributed by atoms with Gasteiger partial charge in [-0.15, -0.1) is 0 Å². The predicted molar refractivity (Wildman–Crippen MR) is 68.4 cm³/mol. The van der Waals surface area contributed by atoms with E-state index in [1.807, 2.05) is 19.1 Å². The van der Waals surface area contributed by atoms with Gasteiger partial charge < -0.3 is 10.2 Å². The molecule has 0 aliphatic rings. The van der Waals surface area contributed by atoms with Crippen molar-refractivity contribution in [3.8, 4) is 0 Å². The van der Waals surface area contributed by atoms with Crippen LogP contribution in [0.25, 0.3) is 0 Å². The Labute approximate surface area is 102 Å². The summed E-state index contributed by atoms with van der Waals surface area (Å²) in [5, 5.41) is 0. The van der Waals surface area contributed by atoms with E-state index in [9.17, 15) is 0 Å². The first kappa shape index (κ1) is 13.2. The van der Waals surface area contributed by atoms with Crippen molar-refractivity contribution in [2.75, 3.05) is 5.73 Å². The predicted octanol–water partition coefficient (Wildman–Crippen LogP) is 2.85. The Kier molecular flexibility index (Phi) is 5.20. The Hall–Kier alpha value is -1.84. The molecule has 0 bridgehead atoms. The minimum Gasteiger partial charge on any atom is -0.452 e. The molecular formula is C13H19N3O. The minimum absolute atomic E-state index is 0.640. The Morgan fingerprint density at radius 2 is 2.12 bits per heavy atom. The number of nitrogen functional groups attached to an aromatic ring is 1. The van der Waals surface area contributed by atoms with E-state index in [0.29, 0.717) is 11.7 Å². The number of aromatic nitrogens is 2. The first-order valence-electron chi connectivity index (χ1n) is 5.63. The monoisotopic (exact) mass is 233 g/mol. The third-order valence-electron chi connectivity index (χ3n) is 2.11. The second kappa shape index (κ2) is 6.68. The summed E-state index contributed by atoms with van der Waals surface area (Å²) in [6.07, 6.45) is 5.74. The van der Waals surface area contributed by atoms with Gasteiger partial charge in [-0.1, -0.05) is 19.9 Å². The molecule has 17 heavy (non-hydrogen) atoms. The molecule has 4 nitrogen and oxygen atoms in total. The zero-order chi connectivity index (χ0) is 12.7. The highest BCUT2D eigenvalue weighted by Crippen LogP contribution is 2.12. The summed E-state index contributed by atoms with van der Waals surface area (Å²) >= 11 is 0. The molecule has 92 valence electrons. The van der Waals surface area contributed by atoms with Crippen LogP contribution in [0.4, 0.5) is 5.82 Å². The fraction of sp³-hybridized carbons (Fsp3) is 0.385. The average Bonchev–Trinajstić information content (AvgIpc) is 2.73. The molecule has 2 rings (SSSR count). The summed E-state index contributed by atoms with van der Waals surface area (Å²) in [6.45, 7) is 6.22. The van der Waals surface area contributed by atoms with E-state index in [1.54, 1.807) is 12.5 Å². The summed E-state index contributed by atoms with van der Waals surface area (Å²) in [5.41, 5.74) is 7.74. The molecule has 0 aliphatic heterocycles. The molecule has 0 saturated carbocycles. The number of nitrogens with zero attached hydrogens (tertiary/aromatic N) is 2. The topological polar surface area (TPSA) is 64.9 Å². The van der Waals surface area contributed by atoms with Crippen LogP contribution in [0.15, 0.2) is 35.4 Å². The zero-order valence-electron chi connectivity index (χ0n) is 10.6. The van der Waals surface area contributed by atoms with Gasteiger partial charge in [0.2, 0.25) is 0 Å². The number of hydrogen-bond donors (Lipinski definition) is 1. The van der Waals surface area contributed by atoms with Crippen molar-refractivity contribution in [2.45, 2.75) is 27.2 Å². The minimum atomic E-state index is 0.640. The van der Waals surface area contributed by atoms with Gasteiger partial charge in [0, 0.05) is 6.20 Å². The average molecular weight is 233 g/mol. The summed E-state index contributed by atoms with van der Waals surface area (Å²) in [4.78, 5) is 7.76. The van der Waals surface area contributed by atoms with Crippen molar-refractivity contribution in [3.63, 3.8) is 0 Å². The molecule has 0 aromatic carbocycles.